The van der Waals surface area contributed by atoms with Gasteiger partial charge in [-0.25, -0.2) is 0 Å². The Bertz CT molecular complexity index is 286. The second kappa shape index (κ2) is 3.85. The van der Waals surface area contributed by atoms with Crippen LogP contribution in [0.2, 0.25) is 0 Å². The zero-order valence-electron chi connectivity index (χ0n) is 6.14. The maximum Gasteiger partial charge on any atom is 0.322 e. The lowest BCUT2D eigenvalue weighted by Crippen LogP contribution is -2.34. The fraction of sp³-hybridized carbons (Fsp3) is 0.333. The average Bonchev–Trinajstić information content (AvgIpc) is 2.35. The Kier molecular flexibility index (Phi) is 3.04. The highest BCUT2D eigenvalue weighted by Crippen LogP contribution is 2.01. The molecule has 0 aliphatic carbocycles. The molecule has 0 aromatic carbocycles. The van der Waals surface area contributed by atoms with Gasteiger partial charge in [0.25, 0.3) is 0 Å². The molecule has 1 heterocycles. The molecule has 12 heavy (non-hydrogen) atoms. The molecule has 1 aromatic heterocycles. The van der Waals surface area contributed by atoms with Crippen LogP contribution in [-0.4, -0.2) is 26.9 Å². The first-order valence-corrected chi connectivity index (χ1v) is 4.34. The van der Waals surface area contributed by atoms with Crippen LogP contribution in [0.3, 0.4) is 0 Å². The van der Waals surface area contributed by atoms with E-state index in [9.17, 15) is 4.79 Å². The number of aromatic nitrogens is 2. The largest absolute Gasteiger partial charge is 0.480 e. The number of carboxylic acids is 1. The number of halogens is 1. The van der Waals surface area contributed by atoms with Crippen LogP contribution in [-0.2, 0) is 11.3 Å². The second-order valence-corrected chi connectivity index (χ2v) is 3.57. The maximum absolute atomic E-state index is 10.3. The topological polar surface area (TPSA) is 81.1 Å². The summed E-state index contributed by atoms with van der Waals surface area (Å²) in [5.41, 5.74) is 5.29. The summed E-state index contributed by atoms with van der Waals surface area (Å²) in [7, 11) is 0. The summed E-state index contributed by atoms with van der Waals surface area (Å²) >= 11 is 2.09. The van der Waals surface area contributed by atoms with Gasteiger partial charge in [-0.15, -0.1) is 0 Å². The van der Waals surface area contributed by atoms with E-state index in [1.165, 1.54) is 4.68 Å². The Hall–Kier alpha value is -0.630. The third-order valence-corrected chi connectivity index (χ3v) is 1.86. The van der Waals surface area contributed by atoms with Gasteiger partial charge in [0.05, 0.1) is 16.3 Å². The first-order chi connectivity index (χ1) is 5.59. The predicted molar refractivity (Wildman–Crippen MR) is 50.6 cm³/mol. The van der Waals surface area contributed by atoms with E-state index < -0.39 is 12.0 Å². The van der Waals surface area contributed by atoms with Crippen LogP contribution >= 0.6 is 22.6 Å². The van der Waals surface area contributed by atoms with Crippen LogP contribution in [0.15, 0.2) is 12.4 Å². The maximum atomic E-state index is 10.3. The van der Waals surface area contributed by atoms with Gasteiger partial charge in [0, 0.05) is 6.20 Å². The fourth-order valence-electron chi connectivity index (χ4n) is 0.718. The molecule has 1 aromatic rings. The third kappa shape index (κ3) is 2.45. The number of aliphatic carboxylic acids is 1. The minimum absolute atomic E-state index is 0.207. The van der Waals surface area contributed by atoms with Gasteiger partial charge in [-0.05, 0) is 22.6 Å². The van der Waals surface area contributed by atoms with Crippen molar-refractivity contribution in [3.8, 4) is 0 Å². The molecule has 0 bridgehead atoms. The predicted octanol–water partition coefficient (Wildman–Crippen LogP) is -0.100. The first-order valence-electron chi connectivity index (χ1n) is 3.26. The van der Waals surface area contributed by atoms with E-state index >= 15 is 0 Å². The van der Waals surface area contributed by atoms with Gasteiger partial charge in [-0.3, -0.25) is 9.48 Å². The molecule has 6 heteroatoms. The lowest BCUT2D eigenvalue weighted by molar-refractivity contribution is -0.138. The van der Waals surface area contributed by atoms with Crippen molar-refractivity contribution < 1.29 is 9.90 Å². The van der Waals surface area contributed by atoms with Crippen molar-refractivity contribution in [1.82, 2.24) is 9.78 Å². The van der Waals surface area contributed by atoms with Gasteiger partial charge in [-0.2, -0.15) is 5.10 Å². The van der Waals surface area contributed by atoms with Gasteiger partial charge < -0.3 is 10.8 Å². The summed E-state index contributed by atoms with van der Waals surface area (Å²) in [6, 6.07) is -0.888. The van der Waals surface area contributed by atoms with Gasteiger partial charge in [0.15, 0.2) is 0 Å². The highest BCUT2D eigenvalue weighted by atomic mass is 127. The van der Waals surface area contributed by atoms with Crippen LogP contribution in [0, 0.1) is 3.57 Å². The number of nitrogens with zero attached hydrogens (tertiary/aromatic N) is 2. The lowest BCUT2D eigenvalue weighted by Gasteiger charge is -2.04. The second-order valence-electron chi connectivity index (χ2n) is 2.33. The van der Waals surface area contributed by atoms with Gasteiger partial charge in [0.2, 0.25) is 0 Å². The summed E-state index contributed by atoms with van der Waals surface area (Å²) in [5, 5.41) is 12.4. The Morgan fingerprint density at radius 3 is 3.00 bits per heavy atom. The van der Waals surface area contributed by atoms with E-state index in [0.717, 1.165) is 3.57 Å². The molecule has 0 amide bonds. The number of nitrogens with two attached hydrogens (primary N) is 1. The van der Waals surface area contributed by atoms with Gasteiger partial charge in [0.1, 0.15) is 6.04 Å². The van der Waals surface area contributed by atoms with E-state index in [2.05, 4.69) is 27.7 Å². The van der Waals surface area contributed by atoms with Crippen molar-refractivity contribution in [2.24, 2.45) is 5.73 Å². The van der Waals surface area contributed by atoms with Crippen molar-refractivity contribution >= 4 is 28.6 Å². The van der Waals surface area contributed by atoms with E-state index in [-0.39, 0.29) is 6.54 Å². The monoisotopic (exact) mass is 281 g/mol. The average molecular weight is 281 g/mol. The molecule has 66 valence electrons. The molecule has 1 atom stereocenters. The molecule has 0 aliphatic rings. The zero-order chi connectivity index (χ0) is 9.14. The van der Waals surface area contributed by atoms with Crippen LogP contribution < -0.4 is 5.73 Å². The van der Waals surface area contributed by atoms with Crippen LogP contribution in [0.4, 0.5) is 0 Å². The Morgan fingerprint density at radius 2 is 2.58 bits per heavy atom. The lowest BCUT2D eigenvalue weighted by atomic mass is 10.3. The minimum atomic E-state index is -1.01. The fourth-order valence-corrected chi connectivity index (χ4v) is 1.16. The van der Waals surface area contributed by atoms with Gasteiger partial charge in [-0.1, -0.05) is 0 Å². The molecule has 0 aliphatic heterocycles. The molecular weight excluding hydrogens is 273 g/mol. The Labute approximate surface area is 82.7 Å². The van der Waals surface area contributed by atoms with Crippen molar-refractivity contribution in [1.29, 1.82) is 0 Å². The molecule has 0 spiro atoms. The standard InChI is InChI=1S/C6H8IN3O2/c7-4-1-9-10(2-4)3-5(8)6(11)12/h1-2,5H,3,8H2,(H,11,12). The molecule has 3 N–H and O–H groups in total. The highest BCUT2D eigenvalue weighted by molar-refractivity contribution is 14.1. The summed E-state index contributed by atoms with van der Waals surface area (Å²) < 4.78 is 2.48. The smallest absolute Gasteiger partial charge is 0.322 e. The molecule has 0 fully saturated rings. The quantitative estimate of drug-likeness (QED) is 0.758. The van der Waals surface area contributed by atoms with E-state index in [4.69, 9.17) is 10.8 Å². The van der Waals surface area contributed by atoms with Crippen molar-refractivity contribution in [2.75, 3.05) is 0 Å². The van der Waals surface area contributed by atoms with E-state index in [0.29, 0.717) is 0 Å². The van der Waals surface area contributed by atoms with Crippen LogP contribution in [0.25, 0.3) is 0 Å². The van der Waals surface area contributed by atoms with E-state index in [1.54, 1.807) is 12.4 Å². The van der Waals surface area contributed by atoms with Crippen LogP contribution in [0.1, 0.15) is 0 Å². The molecular formula is C6H8IN3O2. The highest BCUT2D eigenvalue weighted by Gasteiger charge is 2.11. The van der Waals surface area contributed by atoms with Gasteiger partial charge >= 0.3 is 5.97 Å². The molecule has 5 nitrogen and oxygen atoms in total. The molecule has 0 radical (unpaired) electrons. The zero-order valence-corrected chi connectivity index (χ0v) is 8.30. The summed E-state index contributed by atoms with van der Waals surface area (Å²) in [6.07, 6.45) is 3.39. The SMILES string of the molecule is NC(Cn1cc(I)cn1)C(=O)O. The normalized spacial score (nSPS) is 12.8. The summed E-state index contributed by atoms with van der Waals surface area (Å²) in [5.74, 6) is -1.01. The molecule has 1 unspecified atom stereocenters. The number of carboxylic acid groups (broad SMARTS) is 1. The number of hydrogen-bond donors (Lipinski definition) is 2. The van der Waals surface area contributed by atoms with Crippen molar-refractivity contribution in [2.45, 2.75) is 12.6 Å². The van der Waals surface area contributed by atoms with Crippen LogP contribution in [0.5, 0.6) is 0 Å². The number of rotatable bonds is 3. The minimum Gasteiger partial charge on any atom is -0.480 e. The number of hydrogen-bond acceptors (Lipinski definition) is 3. The molecule has 1 rings (SSSR count). The molecule has 0 saturated carbocycles. The molecule has 0 saturated heterocycles. The Balaban J connectivity index is 2.58. The van der Waals surface area contributed by atoms with Crippen molar-refractivity contribution in [3.63, 3.8) is 0 Å². The van der Waals surface area contributed by atoms with Crippen molar-refractivity contribution in [3.05, 3.63) is 16.0 Å². The third-order valence-electron chi connectivity index (χ3n) is 1.30. The first kappa shape index (κ1) is 9.46. The number of carbonyl (C=O) groups is 1. The summed E-state index contributed by atoms with van der Waals surface area (Å²) in [4.78, 5) is 10.3. The Morgan fingerprint density at radius 1 is 1.92 bits per heavy atom. The van der Waals surface area contributed by atoms with E-state index in [1.807, 2.05) is 0 Å². The summed E-state index contributed by atoms with van der Waals surface area (Å²) in [6.45, 7) is 0.207.